The van der Waals surface area contributed by atoms with E-state index in [-0.39, 0.29) is 0 Å². The molecule has 0 unspecified atom stereocenters. The highest BCUT2D eigenvalue weighted by Crippen LogP contribution is 2.42. The quantitative estimate of drug-likeness (QED) is 0.164. The molecule has 4 aromatic heterocycles. The minimum atomic E-state index is 0.624. The average Bonchev–Trinajstić information content (AvgIpc) is 3.89. The Morgan fingerprint density at radius 2 is 0.897 bits per heavy atom. The van der Waals surface area contributed by atoms with Crippen LogP contribution in [0.4, 0.5) is 0 Å². The maximum atomic E-state index is 5.47. The van der Waals surface area contributed by atoms with Crippen molar-refractivity contribution in [2.24, 2.45) is 0 Å². The predicted molar refractivity (Wildman–Crippen MR) is 241 cm³/mol. The highest BCUT2D eigenvalue weighted by atomic mass is 32.1. The van der Waals surface area contributed by atoms with Crippen molar-refractivity contribution in [3.63, 3.8) is 0 Å². The minimum Gasteiger partial charge on any atom is -0.291 e. The summed E-state index contributed by atoms with van der Waals surface area (Å²) >= 11 is 1.81. The molecule has 270 valence electrons. The number of imidazole rings is 1. The lowest BCUT2D eigenvalue weighted by atomic mass is 10.0. The second kappa shape index (κ2) is 13.0. The van der Waals surface area contributed by atoms with Crippen LogP contribution in [0.5, 0.6) is 0 Å². The first-order valence-electron chi connectivity index (χ1n) is 19.4. The molecule has 4 heterocycles. The smallest absolute Gasteiger partial charge is 0.164 e. The van der Waals surface area contributed by atoms with E-state index in [1.807, 2.05) is 47.7 Å². The Balaban J connectivity index is 1.02. The van der Waals surface area contributed by atoms with Crippen LogP contribution in [-0.2, 0) is 0 Å². The number of fused-ring (bicyclic) bond motifs is 11. The molecule has 0 bridgehead atoms. The molecule has 0 N–H and O–H groups in total. The highest BCUT2D eigenvalue weighted by molar-refractivity contribution is 7.26. The molecule has 12 aromatic rings. The van der Waals surface area contributed by atoms with Gasteiger partial charge >= 0.3 is 0 Å². The lowest BCUT2D eigenvalue weighted by Gasteiger charge is -2.11. The molecular formula is C52H31N5S. The fourth-order valence-electron chi connectivity index (χ4n) is 8.40. The summed E-state index contributed by atoms with van der Waals surface area (Å²) in [6, 6.07) is 66.1. The zero-order valence-electron chi connectivity index (χ0n) is 31.0. The van der Waals surface area contributed by atoms with Crippen molar-refractivity contribution >= 4 is 69.7 Å². The molecule has 0 spiro atoms. The summed E-state index contributed by atoms with van der Waals surface area (Å²) in [5.74, 6) is 1.89. The largest absolute Gasteiger partial charge is 0.291 e. The van der Waals surface area contributed by atoms with Gasteiger partial charge in [-0.1, -0.05) is 170 Å². The summed E-state index contributed by atoms with van der Waals surface area (Å²) in [5.41, 5.74) is 10.3. The first-order chi connectivity index (χ1) is 28.7. The third-order valence-electron chi connectivity index (χ3n) is 11.3. The molecule has 0 atom stereocenters. The Morgan fingerprint density at radius 1 is 0.362 bits per heavy atom. The van der Waals surface area contributed by atoms with Crippen molar-refractivity contribution in [2.75, 3.05) is 0 Å². The SMILES string of the molecule is c1ccc(-c2ccc(-c3nc(-c4ccccc4)nc(-c4ccc(-c5cc6c7ccccc7sc6c6nc7c8ccc9ccccc9c8ccc7n56)cc4)n3)cc2)cc1. The van der Waals surface area contributed by atoms with Gasteiger partial charge in [0.2, 0.25) is 0 Å². The van der Waals surface area contributed by atoms with Crippen molar-refractivity contribution in [3.05, 3.63) is 188 Å². The molecule has 0 aliphatic carbocycles. The molecule has 12 rings (SSSR count). The van der Waals surface area contributed by atoms with E-state index in [4.69, 9.17) is 19.9 Å². The van der Waals surface area contributed by atoms with Crippen molar-refractivity contribution in [2.45, 2.75) is 0 Å². The van der Waals surface area contributed by atoms with E-state index in [2.05, 4.69) is 156 Å². The summed E-state index contributed by atoms with van der Waals surface area (Å²) in [5, 5.41) is 7.30. The van der Waals surface area contributed by atoms with Crippen LogP contribution in [0.25, 0.3) is 115 Å². The van der Waals surface area contributed by atoms with E-state index in [1.165, 1.54) is 41.9 Å². The van der Waals surface area contributed by atoms with Crippen LogP contribution < -0.4 is 0 Å². The second-order valence-electron chi connectivity index (χ2n) is 14.6. The number of benzene rings is 8. The number of hydrogen-bond acceptors (Lipinski definition) is 5. The third-order valence-corrected chi connectivity index (χ3v) is 12.4. The van der Waals surface area contributed by atoms with Gasteiger partial charge in [0, 0.05) is 37.5 Å². The summed E-state index contributed by atoms with van der Waals surface area (Å²) in [6.45, 7) is 0. The molecule has 6 heteroatoms. The van der Waals surface area contributed by atoms with Crippen molar-refractivity contribution in [1.82, 2.24) is 24.3 Å². The fourth-order valence-corrected chi connectivity index (χ4v) is 9.56. The Morgan fingerprint density at radius 3 is 1.60 bits per heavy atom. The van der Waals surface area contributed by atoms with Gasteiger partial charge in [0.15, 0.2) is 23.1 Å². The summed E-state index contributed by atoms with van der Waals surface area (Å²) in [7, 11) is 0. The Hall–Kier alpha value is -7.54. The van der Waals surface area contributed by atoms with E-state index < -0.39 is 0 Å². The molecule has 0 amide bonds. The van der Waals surface area contributed by atoms with Gasteiger partial charge in [0.25, 0.3) is 0 Å². The van der Waals surface area contributed by atoms with Gasteiger partial charge in [-0.25, -0.2) is 19.9 Å². The van der Waals surface area contributed by atoms with Crippen LogP contribution in [0.3, 0.4) is 0 Å². The van der Waals surface area contributed by atoms with Gasteiger partial charge in [-0.15, -0.1) is 11.3 Å². The first kappa shape index (κ1) is 32.7. The number of hydrogen-bond donors (Lipinski definition) is 0. The van der Waals surface area contributed by atoms with Crippen LogP contribution in [0, 0.1) is 0 Å². The van der Waals surface area contributed by atoms with Gasteiger partial charge in [-0.2, -0.15) is 0 Å². The topological polar surface area (TPSA) is 56.0 Å². The lowest BCUT2D eigenvalue weighted by molar-refractivity contribution is 1.07. The maximum absolute atomic E-state index is 5.47. The predicted octanol–water partition coefficient (Wildman–Crippen LogP) is 13.7. The molecule has 0 radical (unpaired) electrons. The van der Waals surface area contributed by atoms with E-state index in [0.717, 1.165) is 55.6 Å². The molecule has 0 fully saturated rings. The molecular weight excluding hydrogens is 727 g/mol. The average molecular weight is 758 g/mol. The maximum Gasteiger partial charge on any atom is 0.164 e. The van der Waals surface area contributed by atoms with Crippen molar-refractivity contribution in [1.29, 1.82) is 0 Å². The van der Waals surface area contributed by atoms with Crippen LogP contribution in [0.15, 0.2) is 188 Å². The normalized spacial score (nSPS) is 11.8. The van der Waals surface area contributed by atoms with Gasteiger partial charge in [-0.05, 0) is 51.0 Å². The van der Waals surface area contributed by atoms with E-state index in [1.54, 1.807) is 0 Å². The van der Waals surface area contributed by atoms with Crippen molar-refractivity contribution < 1.29 is 0 Å². The number of pyridine rings is 1. The van der Waals surface area contributed by atoms with Gasteiger partial charge in [0.05, 0.1) is 21.4 Å². The fraction of sp³-hybridized carbons (Fsp3) is 0. The van der Waals surface area contributed by atoms with E-state index >= 15 is 0 Å². The standard InChI is InChI=1S/C52H31N5S/c1-3-11-32(12-4-1)33-19-23-37(24-20-33)50-54-49(36-14-5-2-6-15-36)55-51(56-50)38-25-21-35(22-26-38)45-31-43-41-17-9-10-18-46(41)58-48(43)52-53-47-42-28-27-34-13-7-8-16-39(34)40(42)29-30-44(47)57(45)52/h1-31H. The molecule has 58 heavy (non-hydrogen) atoms. The van der Waals surface area contributed by atoms with Crippen LogP contribution >= 0.6 is 11.3 Å². The zero-order chi connectivity index (χ0) is 38.2. The summed E-state index contributed by atoms with van der Waals surface area (Å²) in [6.07, 6.45) is 0. The molecule has 0 aliphatic heterocycles. The molecule has 0 saturated heterocycles. The van der Waals surface area contributed by atoms with Gasteiger partial charge in [0.1, 0.15) is 0 Å². The number of nitrogens with zero attached hydrogens (tertiary/aromatic N) is 5. The van der Waals surface area contributed by atoms with Crippen LogP contribution in [0.1, 0.15) is 0 Å². The monoisotopic (exact) mass is 757 g/mol. The molecule has 8 aromatic carbocycles. The van der Waals surface area contributed by atoms with Gasteiger partial charge in [-0.3, -0.25) is 4.40 Å². The van der Waals surface area contributed by atoms with E-state index in [0.29, 0.717) is 17.5 Å². The summed E-state index contributed by atoms with van der Waals surface area (Å²) < 4.78 is 4.80. The Labute approximate surface area is 337 Å². The zero-order valence-corrected chi connectivity index (χ0v) is 31.9. The second-order valence-corrected chi connectivity index (χ2v) is 15.7. The van der Waals surface area contributed by atoms with E-state index in [9.17, 15) is 0 Å². The number of thiophene rings is 1. The lowest BCUT2D eigenvalue weighted by Crippen LogP contribution is -2.00. The highest BCUT2D eigenvalue weighted by Gasteiger charge is 2.20. The summed E-state index contributed by atoms with van der Waals surface area (Å²) in [4.78, 5) is 20.6. The molecule has 0 saturated carbocycles. The Bertz CT molecular complexity index is 3540. The number of aromatic nitrogens is 5. The van der Waals surface area contributed by atoms with Crippen LogP contribution in [-0.4, -0.2) is 24.3 Å². The van der Waals surface area contributed by atoms with Crippen molar-refractivity contribution in [3.8, 4) is 56.5 Å². The first-order valence-corrected chi connectivity index (χ1v) is 20.2. The Kier molecular flexibility index (Phi) is 7.33. The van der Waals surface area contributed by atoms with Crippen LogP contribution in [0.2, 0.25) is 0 Å². The third kappa shape index (κ3) is 5.23. The minimum absolute atomic E-state index is 0.624. The molecule has 0 aliphatic rings. The van der Waals surface area contributed by atoms with Gasteiger partial charge < -0.3 is 0 Å². The molecule has 5 nitrogen and oxygen atoms in total. The number of rotatable bonds is 5.